The molecule has 1 fully saturated rings. The average molecular weight is 469 g/mol. The van der Waals surface area contributed by atoms with Crippen molar-refractivity contribution >= 4 is 46.6 Å². The summed E-state index contributed by atoms with van der Waals surface area (Å²) in [5.41, 5.74) is 1.04. The highest BCUT2D eigenvalue weighted by atomic mass is 32.2. The van der Waals surface area contributed by atoms with Crippen molar-refractivity contribution in [2.45, 2.75) is 31.5 Å². The largest absolute Gasteiger partial charge is 0.416 e. The first kappa shape index (κ1) is 21.4. The molecular weight excluding hydrogens is 447 g/mol. The third-order valence-electron chi connectivity index (χ3n) is 5.03. The lowest BCUT2D eigenvalue weighted by Crippen LogP contribution is -2.32. The van der Waals surface area contributed by atoms with Gasteiger partial charge in [-0.25, -0.2) is 0 Å². The van der Waals surface area contributed by atoms with Gasteiger partial charge in [0.25, 0.3) is 5.01 Å². The number of anilines is 1. The van der Waals surface area contributed by atoms with Crippen LogP contribution >= 0.6 is 34.9 Å². The van der Waals surface area contributed by atoms with Crippen molar-refractivity contribution in [2.24, 2.45) is 0 Å². The van der Waals surface area contributed by atoms with Crippen LogP contribution in [0.5, 0.6) is 0 Å². The molecule has 4 rings (SSSR count). The molecule has 0 unspecified atom stereocenters. The van der Waals surface area contributed by atoms with Gasteiger partial charge in [-0.3, -0.25) is 0 Å². The number of thioether (sulfide) groups is 2. The first-order valence-electron chi connectivity index (χ1n) is 9.45. The minimum atomic E-state index is -4.35. The Hall–Kier alpha value is -1.84. The summed E-state index contributed by atoms with van der Waals surface area (Å²) >= 11 is 4.68. The molecule has 0 spiro atoms. The van der Waals surface area contributed by atoms with E-state index in [0.717, 1.165) is 50.5 Å². The van der Waals surface area contributed by atoms with Crippen molar-refractivity contribution in [1.29, 1.82) is 0 Å². The van der Waals surface area contributed by atoms with Crippen LogP contribution in [-0.4, -0.2) is 18.5 Å². The van der Waals surface area contributed by atoms with Crippen LogP contribution in [0.3, 0.4) is 0 Å². The summed E-state index contributed by atoms with van der Waals surface area (Å²) in [6, 6.07) is 3.92. The van der Waals surface area contributed by atoms with Gasteiger partial charge in [0.1, 0.15) is 6.54 Å². The monoisotopic (exact) mass is 468 g/mol. The van der Waals surface area contributed by atoms with E-state index in [1.807, 2.05) is 11.9 Å². The first-order valence-corrected chi connectivity index (χ1v) is 12.0. The Morgan fingerprint density at radius 2 is 1.97 bits per heavy atom. The molecule has 1 aromatic heterocycles. The number of halogens is 3. The predicted molar refractivity (Wildman–Crippen MR) is 120 cm³/mol. The van der Waals surface area contributed by atoms with Gasteiger partial charge in [0, 0.05) is 18.5 Å². The van der Waals surface area contributed by atoms with Gasteiger partial charge in [-0.2, -0.15) is 17.7 Å². The van der Waals surface area contributed by atoms with E-state index in [1.165, 1.54) is 17.8 Å². The number of fused-ring (bicyclic) bond motifs is 1. The molecule has 1 aromatic carbocycles. The Bertz CT molecular complexity index is 1070. The molecule has 0 bridgehead atoms. The number of rotatable bonds is 3. The van der Waals surface area contributed by atoms with Crippen molar-refractivity contribution < 1.29 is 17.7 Å². The number of hydrogen-bond donors (Lipinski definition) is 0. The summed E-state index contributed by atoms with van der Waals surface area (Å²) in [5, 5.41) is 5.21. The number of likely N-dealkylation sites (N-methyl/N-ethyl adjacent to an activating group) is 1. The van der Waals surface area contributed by atoms with Gasteiger partial charge in [-0.05, 0) is 32.0 Å². The molecule has 2 aliphatic rings. The molecule has 0 amide bonds. The first-order chi connectivity index (χ1) is 14.2. The molecular formula is C21H21F3N3S3+. The Labute approximate surface area is 186 Å². The van der Waals surface area contributed by atoms with Crippen LogP contribution in [0.25, 0.3) is 6.08 Å². The Morgan fingerprint density at radius 1 is 1.20 bits per heavy atom. The lowest BCUT2D eigenvalue weighted by atomic mass is 10.2. The van der Waals surface area contributed by atoms with Crippen LogP contribution in [0, 0.1) is 0 Å². The van der Waals surface area contributed by atoms with Gasteiger partial charge in [0.05, 0.1) is 43.4 Å². The SMILES string of the molecule is C=C1/C(=C2\Sc3cc(C(F)(F)F)ccc3N2C)S/C(=C\c2scc[n+]2CC)N1CC. The van der Waals surface area contributed by atoms with Gasteiger partial charge in [-0.15, -0.1) is 0 Å². The van der Waals surface area contributed by atoms with Gasteiger partial charge in [0.15, 0.2) is 6.20 Å². The molecule has 3 nitrogen and oxygen atoms in total. The maximum absolute atomic E-state index is 13.1. The van der Waals surface area contributed by atoms with Crippen LogP contribution in [0.1, 0.15) is 24.4 Å². The third-order valence-corrected chi connectivity index (χ3v) is 8.41. The van der Waals surface area contributed by atoms with Crippen molar-refractivity contribution in [1.82, 2.24) is 4.90 Å². The lowest BCUT2D eigenvalue weighted by Gasteiger charge is -2.18. The maximum Gasteiger partial charge on any atom is 0.416 e. The molecule has 30 heavy (non-hydrogen) atoms. The summed E-state index contributed by atoms with van der Waals surface area (Å²) in [7, 11) is 1.89. The maximum atomic E-state index is 13.1. The van der Waals surface area contributed by atoms with Gasteiger partial charge in [-0.1, -0.05) is 41.4 Å². The number of benzene rings is 1. The van der Waals surface area contributed by atoms with E-state index in [9.17, 15) is 13.2 Å². The standard InChI is InChI=1S/C21H21F3N3S3/c1-5-26-9-10-28-17(26)12-18-27(6-2)13(3)19(30-18)20-25(4)15-8-7-14(21(22,23)24)11-16(15)29-20/h7-12H,3,5-6H2,1-2,4H3/q+1/b20-19+. The molecule has 0 atom stereocenters. The summed E-state index contributed by atoms with van der Waals surface area (Å²) in [6.45, 7) is 10.1. The molecule has 0 aliphatic carbocycles. The molecule has 9 heteroatoms. The zero-order valence-electron chi connectivity index (χ0n) is 16.8. The Kier molecular flexibility index (Phi) is 5.71. The van der Waals surface area contributed by atoms with E-state index < -0.39 is 11.7 Å². The fourth-order valence-electron chi connectivity index (χ4n) is 3.42. The third kappa shape index (κ3) is 3.67. The molecule has 0 N–H and O–H groups in total. The molecule has 0 saturated carbocycles. The molecule has 2 aromatic rings. The quantitative estimate of drug-likeness (QED) is 0.485. The number of thiazole rings is 1. The van der Waals surface area contributed by atoms with Crippen LogP contribution in [0.4, 0.5) is 18.9 Å². The van der Waals surface area contributed by atoms with E-state index in [-0.39, 0.29) is 0 Å². The van der Waals surface area contributed by atoms with Crippen molar-refractivity contribution in [3.8, 4) is 0 Å². The summed E-state index contributed by atoms with van der Waals surface area (Å²) < 4.78 is 41.6. The highest BCUT2D eigenvalue weighted by molar-refractivity contribution is 8.09. The van der Waals surface area contributed by atoms with E-state index >= 15 is 0 Å². The molecule has 1 saturated heterocycles. The lowest BCUT2D eigenvalue weighted by molar-refractivity contribution is -0.690. The Balaban J connectivity index is 1.72. The van der Waals surface area contributed by atoms with E-state index in [2.05, 4.69) is 47.5 Å². The normalized spacial score (nSPS) is 20.6. The highest BCUT2D eigenvalue weighted by Gasteiger charge is 2.36. The molecule has 2 aliphatic heterocycles. The number of hydrogen-bond acceptors (Lipinski definition) is 5. The topological polar surface area (TPSA) is 10.4 Å². The second kappa shape index (κ2) is 8.01. The van der Waals surface area contributed by atoms with Crippen molar-refractivity contribution in [2.75, 3.05) is 18.5 Å². The predicted octanol–water partition coefficient (Wildman–Crippen LogP) is 6.37. The number of aromatic nitrogens is 1. The molecule has 0 radical (unpaired) electrons. The fourth-order valence-corrected chi connectivity index (χ4v) is 6.93. The van der Waals surface area contributed by atoms with Crippen molar-refractivity contribution in [3.63, 3.8) is 0 Å². The minimum absolute atomic E-state index is 0.616. The second-order valence-corrected chi connectivity index (χ2v) is 9.77. The van der Waals surface area contributed by atoms with Crippen LogP contribution in [-0.2, 0) is 12.7 Å². The minimum Gasteiger partial charge on any atom is -0.337 e. The van der Waals surface area contributed by atoms with Crippen molar-refractivity contribution in [3.05, 3.63) is 67.6 Å². The number of nitrogens with zero attached hydrogens (tertiary/aromatic N) is 3. The van der Waals surface area contributed by atoms with Crippen LogP contribution < -0.4 is 9.47 Å². The number of alkyl halides is 3. The summed E-state index contributed by atoms with van der Waals surface area (Å²) in [5.74, 6) is 0. The van der Waals surface area contributed by atoms with Gasteiger partial charge >= 0.3 is 6.18 Å². The fraction of sp³-hybridized carbons (Fsp3) is 0.286. The van der Waals surface area contributed by atoms with E-state index in [4.69, 9.17) is 0 Å². The number of aryl methyl sites for hydroxylation is 1. The summed E-state index contributed by atoms with van der Waals surface area (Å²) in [4.78, 5) is 5.72. The Morgan fingerprint density at radius 3 is 2.63 bits per heavy atom. The van der Waals surface area contributed by atoms with Gasteiger partial charge < -0.3 is 9.80 Å². The molecule has 3 heterocycles. The van der Waals surface area contributed by atoms with Gasteiger partial charge in [0.2, 0.25) is 0 Å². The molecule has 158 valence electrons. The van der Waals surface area contributed by atoms with Crippen LogP contribution in [0.2, 0.25) is 0 Å². The second-order valence-electron chi connectivity index (χ2n) is 6.78. The zero-order valence-corrected chi connectivity index (χ0v) is 19.2. The smallest absolute Gasteiger partial charge is 0.337 e. The average Bonchev–Trinajstić information content (AvgIpc) is 3.37. The zero-order chi connectivity index (χ0) is 21.6. The highest BCUT2D eigenvalue weighted by Crippen LogP contribution is 2.55. The van der Waals surface area contributed by atoms with E-state index in [1.54, 1.807) is 29.2 Å². The van der Waals surface area contributed by atoms with E-state index in [0.29, 0.717) is 4.90 Å². The summed E-state index contributed by atoms with van der Waals surface area (Å²) in [6.07, 6.45) is -0.119. The van der Waals surface area contributed by atoms with Crippen LogP contribution in [0.15, 0.2) is 61.9 Å².